The highest BCUT2D eigenvalue weighted by atomic mass is 35.5. The Morgan fingerprint density at radius 2 is 1.74 bits per heavy atom. The van der Waals surface area contributed by atoms with Crippen molar-refractivity contribution in [1.29, 1.82) is 0 Å². The van der Waals surface area contributed by atoms with Crippen molar-refractivity contribution < 1.29 is 19.1 Å². The Bertz CT molecular complexity index is 1340. The zero-order valence-electron chi connectivity index (χ0n) is 19.3. The molecule has 1 N–H and O–H groups in total. The number of imide groups is 2. The molecule has 0 saturated carbocycles. The average molecular weight is 478 g/mol. The molecule has 0 unspecified atom stereocenters. The number of hydrogen-bond acceptors (Lipinski definition) is 4. The normalized spacial score (nSPS) is 15.1. The molecule has 4 amide bonds. The number of aromatic nitrogens is 1. The number of barbiturate groups is 1. The molecule has 34 heavy (non-hydrogen) atoms. The molecule has 7 nitrogen and oxygen atoms in total. The van der Waals surface area contributed by atoms with E-state index in [2.05, 4.69) is 5.32 Å². The van der Waals surface area contributed by atoms with Gasteiger partial charge in [0.2, 0.25) is 0 Å². The van der Waals surface area contributed by atoms with E-state index in [1.165, 1.54) is 6.08 Å². The Balaban J connectivity index is 1.74. The number of carbonyl (C=O) groups excluding carboxylic acids is 3. The number of urea groups is 1. The van der Waals surface area contributed by atoms with Crippen molar-refractivity contribution in [2.75, 3.05) is 11.5 Å². The molecule has 0 spiro atoms. The van der Waals surface area contributed by atoms with Gasteiger partial charge in [-0.25, -0.2) is 9.69 Å². The van der Waals surface area contributed by atoms with Gasteiger partial charge in [0.25, 0.3) is 11.8 Å². The Labute approximate surface area is 202 Å². The fraction of sp³-hybridized carbons (Fsp3) is 0.192. The van der Waals surface area contributed by atoms with Crippen LogP contribution in [0.1, 0.15) is 29.4 Å². The number of nitrogens with one attached hydrogen (secondary N) is 1. The van der Waals surface area contributed by atoms with Gasteiger partial charge in [0, 0.05) is 22.1 Å². The number of carbonyl (C=O) groups is 3. The van der Waals surface area contributed by atoms with Crippen LogP contribution in [-0.2, 0) is 9.59 Å². The van der Waals surface area contributed by atoms with Gasteiger partial charge in [-0.15, -0.1) is 0 Å². The predicted octanol–water partition coefficient (Wildman–Crippen LogP) is 5.12. The summed E-state index contributed by atoms with van der Waals surface area (Å²) in [4.78, 5) is 39.4. The summed E-state index contributed by atoms with van der Waals surface area (Å²) in [6, 6.07) is 13.7. The lowest BCUT2D eigenvalue weighted by Gasteiger charge is -2.27. The second-order valence-corrected chi connectivity index (χ2v) is 8.34. The molecule has 2 aromatic carbocycles. The lowest BCUT2D eigenvalue weighted by molar-refractivity contribution is -0.122. The second kappa shape index (κ2) is 9.19. The van der Waals surface area contributed by atoms with Crippen molar-refractivity contribution in [2.24, 2.45) is 0 Å². The quantitative estimate of drug-likeness (QED) is 0.408. The lowest BCUT2D eigenvalue weighted by atomic mass is 10.1. The summed E-state index contributed by atoms with van der Waals surface area (Å²) in [5.74, 6) is -0.664. The summed E-state index contributed by atoms with van der Waals surface area (Å²) in [6.45, 7) is 8.08. The first-order chi connectivity index (χ1) is 16.2. The molecule has 3 aromatic rings. The van der Waals surface area contributed by atoms with Gasteiger partial charge in [-0.3, -0.25) is 14.9 Å². The molecule has 0 atom stereocenters. The fourth-order valence-electron chi connectivity index (χ4n) is 4.06. The number of amides is 4. The van der Waals surface area contributed by atoms with Crippen LogP contribution in [-0.4, -0.2) is 29.0 Å². The topological polar surface area (TPSA) is 80.6 Å². The summed E-state index contributed by atoms with van der Waals surface area (Å²) in [6.07, 6.45) is 1.52. The van der Waals surface area contributed by atoms with E-state index < -0.39 is 17.8 Å². The van der Waals surface area contributed by atoms with E-state index in [4.69, 9.17) is 16.3 Å². The minimum absolute atomic E-state index is 0.133. The third-order valence-corrected chi connectivity index (χ3v) is 6.17. The van der Waals surface area contributed by atoms with Crippen molar-refractivity contribution >= 4 is 41.2 Å². The van der Waals surface area contributed by atoms with E-state index in [9.17, 15) is 14.4 Å². The Morgan fingerprint density at radius 1 is 1.03 bits per heavy atom. The minimum atomic E-state index is -0.808. The van der Waals surface area contributed by atoms with E-state index in [1.54, 1.807) is 25.1 Å². The van der Waals surface area contributed by atoms with Crippen LogP contribution in [0.25, 0.3) is 11.8 Å². The van der Waals surface area contributed by atoms with Crippen LogP contribution in [0.2, 0.25) is 5.02 Å². The van der Waals surface area contributed by atoms with E-state index in [1.807, 2.05) is 55.7 Å². The number of aryl methyl sites for hydroxylation is 1. The molecular formula is C26H24ClN3O4. The third-order valence-electron chi connectivity index (χ3n) is 5.76. The molecule has 1 fully saturated rings. The second-order valence-electron chi connectivity index (χ2n) is 7.93. The maximum Gasteiger partial charge on any atom is 0.335 e. The van der Waals surface area contributed by atoms with E-state index >= 15 is 0 Å². The highest BCUT2D eigenvalue weighted by Gasteiger charge is 2.37. The minimum Gasteiger partial charge on any atom is -0.494 e. The smallest absolute Gasteiger partial charge is 0.335 e. The van der Waals surface area contributed by atoms with Crippen LogP contribution in [0.15, 0.2) is 54.1 Å². The molecule has 4 rings (SSSR count). The van der Waals surface area contributed by atoms with Crippen LogP contribution in [0.4, 0.5) is 10.5 Å². The number of benzene rings is 2. The Kier molecular flexibility index (Phi) is 6.30. The van der Waals surface area contributed by atoms with Gasteiger partial charge in [0.15, 0.2) is 0 Å². The van der Waals surface area contributed by atoms with Gasteiger partial charge >= 0.3 is 6.03 Å². The fourth-order valence-corrected chi connectivity index (χ4v) is 4.23. The van der Waals surface area contributed by atoms with Crippen LogP contribution < -0.4 is 15.0 Å². The molecule has 1 aliphatic rings. The first-order valence-electron chi connectivity index (χ1n) is 10.8. The molecule has 0 aliphatic carbocycles. The molecule has 1 saturated heterocycles. The van der Waals surface area contributed by atoms with Gasteiger partial charge in [-0.05, 0) is 87.4 Å². The van der Waals surface area contributed by atoms with Gasteiger partial charge in [0.1, 0.15) is 11.3 Å². The Hall–Kier alpha value is -3.84. The van der Waals surface area contributed by atoms with Gasteiger partial charge < -0.3 is 9.30 Å². The summed E-state index contributed by atoms with van der Waals surface area (Å²) in [5, 5.41) is 2.68. The maximum absolute atomic E-state index is 13.3. The molecule has 174 valence electrons. The molecule has 1 aromatic heterocycles. The molecule has 8 heteroatoms. The van der Waals surface area contributed by atoms with Crippen molar-refractivity contribution in [3.63, 3.8) is 0 Å². The molecule has 0 bridgehead atoms. The van der Waals surface area contributed by atoms with E-state index in [0.29, 0.717) is 28.4 Å². The van der Waals surface area contributed by atoms with Gasteiger partial charge in [-0.1, -0.05) is 17.7 Å². The standard InChI is InChI=1S/C26H24ClN3O4/c1-5-34-20-11-9-19(10-12-20)29-15(2)13-18(17(29)4)14-21-24(31)28-26(33)30(25(21)32)23-8-6-7-22(27)16(23)3/h6-14H,5H2,1-4H3,(H,28,31,33)/b21-14+. The van der Waals surface area contributed by atoms with Gasteiger partial charge in [-0.2, -0.15) is 0 Å². The molecule has 0 radical (unpaired) electrons. The van der Waals surface area contributed by atoms with Crippen LogP contribution >= 0.6 is 11.6 Å². The van der Waals surface area contributed by atoms with Gasteiger partial charge in [0.05, 0.1) is 12.3 Å². The first kappa shape index (κ1) is 23.3. The van der Waals surface area contributed by atoms with Crippen LogP contribution in [0.3, 0.4) is 0 Å². The third kappa shape index (κ3) is 4.10. The van der Waals surface area contributed by atoms with Crippen molar-refractivity contribution in [2.45, 2.75) is 27.7 Å². The maximum atomic E-state index is 13.3. The number of hydrogen-bond donors (Lipinski definition) is 1. The van der Waals surface area contributed by atoms with Crippen molar-refractivity contribution in [3.8, 4) is 11.4 Å². The lowest BCUT2D eigenvalue weighted by Crippen LogP contribution is -2.54. The summed E-state index contributed by atoms with van der Waals surface area (Å²) in [5.41, 5.74) is 4.15. The SMILES string of the molecule is CCOc1ccc(-n2c(C)cc(/C=C3\C(=O)NC(=O)N(c4cccc(Cl)c4C)C3=O)c2C)cc1. The number of rotatable bonds is 5. The summed E-state index contributed by atoms with van der Waals surface area (Å²) < 4.78 is 7.54. The molecule has 2 heterocycles. The van der Waals surface area contributed by atoms with E-state index in [0.717, 1.165) is 27.7 Å². The number of nitrogens with zero attached hydrogens (tertiary/aromatic N) is 2. The zero-order valence-corrected chi connectivity index (χ0v) is 20.1. The largest absolute Gasteiger partial charge is 0.494 e. The predicted molar refractivity (Wildman–Crippen MR) is 132 cm³/mol. The van der Waals surface area contributed by atoms with Crippen molar-refractivity contribution in [3.05, 3.63) is 81.6 Å². The summed E-state index contributed by atoms with van der Waals surface area (Å²) >= 11 is 6.19. The number of anilines is 1. The van der Waals surface area contributed by atoms with Crippen LogP contribution in [0, 0.1) is 20.8 Å². The highest BCUT2D eigenvalue weighted by Crippen LogP contribution is 2.30. The van der Waals surface area contributed by atoms with Crippen LogP contribution in [0.5, 0.6) is 5.75 Å². The zero-order chi connectivity index (χ0) is 24.6. The first-order valence-corrected chi connectivity index (χ1v) is 11.2. The average Bonchev–Trinajstić information content (AvgIpc) is 3.07. The monoisotopic (exact) mass is 477 g/mol. The highest BCUT2D eigenvalue weighted by molar-refractivity contribution is 6.40. The number of ether oxygens (including phenoxy) is 1. The number of halogens is 1. The molecule has 1 aliphatic heterocycles. The van der Waals surface area contributed by atoms with E-state index in [-0.39, 0.29) is 5.57 Å². The molecular weight excluding hydrogens is 454 g/mol. The summed E-state index contributed by atoms with van der Waals surface area (Å²) in [7, 11) is 0. The van der Waals surface area contributed by atoms with Crippen molar-refractivity contribution in [1.82, 2.24) is 9.88 Å². The Morgan fingerprint density at radius 3 is 2.41 bits per heavy atom.